The van der Waals surface area contributed by atoms with Crippen LogP contribution in [0.5, 0.6) is 5.75 Å². The quantitative estimate of drug-likeness (QED) is 0.664. The first-order valence-electron chi connectivity index (χ1n) is 4.58. The Hall–Kier alpha value is -1.16. The summed E-state index contributed by atoms with van der Waals surface area (Å²) in [5.41, 5.74) is 0. The van der Waals surface area contributed by atoms with Crippen molar-refractivity contribution >= 4 is 0 Å². The molecular weight excluding hydrogens is 166 g/mol. The number of rotatable bonds is 1. The number of hydrogen-bond donors (Lipinski definition) is 2. The molecule has 1 aromatic heterocycles. The minimum absolute atomic E-state index is 0.132. The molecule has 4 heteroatoms. The van der Waals surface area contributed by atoms with Crippen molar-refractivity contribution in [1.82, 2.24) is 15.3 Å². The van der Waals surface area contributed by atoms with E-state index < -0.39 is 0 Å². The second kappa shape index (κ2) is 3.70. The van der Waals surface area contributed by atoms with Crippen LogP contribution in [0.4, 0.5) is 0 Å². The van der Waals surface area contributed by atoms with Crippen LogP contribution >= 0.6 is 0 Å². The molecule has 1 aromatic rings. The summed E-state index contributed by atoms with van der Waals surface area (Å²) in [5.74, 6) is 1.38. The van der Waals surface area contributed by atoms with Crippen molar-refractivity contribution in [2.24, 2.45) is 0 Å². The molecule has 0 spiro atoms. The summed E-state index contributed by atoms with van der Waals surface area (Å²) in [6.45, 7) is 2.04. The lowest BCUT2D eigenvalue weighted by Crippen LogP contribution is -2.29. The van der Waals surface area contributed by atoms with Crippen LogP contribution < -0.4 is 5.32 Å². The Morgan fingerprint density at radius 3 is 2.77 bits per heavy atom. The summed E-state index contributed by atoms with van der Waals surface area (Å²) >= 11 is 0. The third-order valence-electron chi connectivity index (χ3n) is 2.32. The van der Waals surface area contributed by atoms with Crippen LogP contribution in [0.3, 0.4) is 0 Å². The molecule has 1 aliphatic rings. The number of nitrogens with zero attached hydrogens (tertiary/aromatic N) is 2. The number of piperidine rings is 1. The van der Waals surface area contributed by atoms with E-state index in [2.05, 4.69) is 15.3 Å². The molecule has 0 aromatic carbocycles. The predicted molar refractivity (Wildman–Crippen MR) is 48.5 cm³/mol. The van der Waals surface area contributed by atoms with Gasteiger partial charge in [-0.15, -0.1) is 0 Å². The highest BCUT2D eigenvalue weighted by atomic mass is 16.3. The fourth-order valence-electron chi connectivity index (χ4n) is 1.61. The molecule has 70 valence electrons. The molecule has 0 radical (unpaired) electrons. The van der Waals surface area contributed by atoms with Crippen LogP contribution in [0, 0.1) is 0 Å². The highest BCUT2D eigenvalue weighted by Gasteiger charge is 2.17. The van der Waals surface area contributed by atoms with Crippen LogP contribution in [-0.4, -0.2) is 28.2 Å². The van der Waals surface area contributed by atoms with Gasteiger partial charge in [-0.25, -0.2) is 9.97 Å². The summed E-state index contributed by atoms with van der Waals surface area (Å²) < 4.78 is 0. The van der Waals surface area contributed by atoms with Crippen molar-refractivity contribution in [2.75, 3.05) is 13.1 Å². The molecule has 1 fully saturated rings. The number of nitrogens with one attached hydrogen (secondary N) is 1. The zero-order chi connectivity index (χ0) is 9.10. The van der Waals surface area contributed by atoms with E-state index in [1.165, 1.54) is 18.8 Å². The molecule has 0 bridgehead atoms. The van der Waals surface area contributed by atoms with Gasteiger partial charge in [0.2, 0.25) is 0 Å². The maximum Gasteiger partial charge on any atom is 0.152 e. The molecule has 1 unspecified atom stereocenters. The molecule has 4 nitrogen and oxygen atoms in total. The molecule has 2 heterocycles. The van der Waals surface area contributed by atoms with Crippen LogP contribution in [0.2, 0.25) is 0 Å². The highest BCUT2D eigenvalue weighted by Crippen LogP contribution is 2.19. The number of aromatic hydroxyl groups is 1. The minimum atomic E-state index is 0.132. The molecule has 2 rings (SSSR count). The van der Waals surface area contributed by atoms with Gasteiger partial charge in [0.05, 0.1) is 12.4 Å². The van der Waals surface area contributed by atoms with E-state index in [-0.39, 0.29) is 5.75 Å². The van der Waals surface area contributed by atoms with Crippen LogP contribution in [-0.2, 0) is 0 Å². The summed E-state index contributed by atoms with van der Waals surface area (Å²) in [6.07, 6.45) is 5.22. The molecule has 13 heavy (non-hydrogen) atoms. The topological polar surface area (TPSA) is 58.0 Å². The van der Waals surface area contributed by atoms with Gasteiger partial charge in [0, 0.05) is 12.5 Å². The summed E-state index contributed by atoms with van der Waals surface area (Å²) in [4.78, 5) is 8.20. The molecule has 1 atom stereocenters. The van der Waals surface area contributed by atoms with E-state index in [0.717, 1.165) is 25.3 Å². The van der Waals surface area contributed by atoms with Gasteiger partial charge in [0.15, 0.2) is 5.75 Å². The lowest BCUT2D eigenvalue weighted by molar-refractivity contribution is 0.438. The van der Waals surface area contributed by atoms with E-state index in [0.29, 0.717) is 5.92 Å². The molecule has 0 saturated carbocycles. The monoisotopic (exact) mass is 179 g/mol. The Morgan fingerprint density at radius 1 is 1.38 bits per heavy atom. The minimum Gasteiger partial charge on any atom is -0.505 e. The second-order valence-electron chi connectivity index (χ2n) is 3.34. The fraction of sp³-hybridized carbons (Fsp3) is 0.556. The first-order valence-corrected chi connectivity index (χ1v) is 4.58. The lowest BCUT2D eigenvalue weighted by atomic mass is 9.99. The van der Waals surface area contributed by atoms with Crippen LogP contribution in [0.25, 0.3) is 0 Å². The Labute approximate surface area is 77.0 Å². The van der Waals surface area contributed by atoms with E-state index in [1.54, 1.807) is 0 Å². The van der Waals surface area contributed by atoms with Gasteiger partial charge in [-0.05, 0) is 19.4 Å². The van der Waals surface area contributed by atoms with E-state index in [1.807, 2.05) is 0 Å². The summed E-state index contributed by atoms with van der Waals surface area (Å²) in [6, 6.07) is 0. The average molecular weight is 179 g/mol. The second-order valence-corrected chi connectivity index (χ2v) is 3.34. The third kappa shape index (κ3) is 1.95. The molecule has 1 aliphatic heterocycles. The number of hydrogen-bond acceptors (Lipinski definition) is 4. The maximum absolute atomic E-state index is 9.01. The van der Waals surface area contributed by atoms with E-state index in [4.69, 9.17) is 5.11 Å². The third-order valence-corrected chi connectivity index (χ3v) is 2.32. The highest BCUT2D eigenvalue weighted by molar-refractivity contribution is 5.11. The van der Waals surface area contributed by atoms with Gasteiger partial charge in [0.25, 0.3) is 0 Å². The summed E-state index contributed by atoms with van der Waals surface area (Å²) in [5, 5.41) is 12.3. The van der Waals surface area contributed by atoms with Gasteiger partial charge in [0.1, 0.15) is 5.82 Å². The van der Waals surface area contributed by atoms with Crippen molar-refractivity contribution in [3.63, 3.8) is 0 Å². The zero-order valence-corrected chi connectivity index (χ0v) is 7.40. The molecule has 0 amide bonds. The van der Waals surface area contributed by atoms with Crippen molar-refractivity contribution in [2.45, 2.75) is 18.8 Å². The lowest BCUT2D eigenvalue weighted by Gasteiger charge is -2.20. The first-order chi connectivity index (χ1) is 6.36. The van der Waals surface area contributed by atoms with Crippen molar-refractivity contribution in [3.05, 3.63) is 18.2 Å². The molecule has 0 aliphatic carbocycles. The molecular formula is C9H13N3O. The van der Waals surface area contributed by atoms with E-state index >= 15 is 0 Å². The smallest absolute Gasteiger partial charge is 0.152 e. The predicted octanol–water partition coefficient (Wildman–Crippen LogP) is 0.649. The van der Waals surface area contributed by atoms with E-state index in [9.17, 15) is 0 Å². The van der Waals surface area contributed by atoms with Gasteiger partial charge in [-0.2, -0.15) is 0 Å². The Balaban J connectivity index is 2.10. The normalized spacial score (nSPS) is 22.9. The Morgan fingerprint density at radius 2 is 2.15 bits per heavy atom. The zero-order valence-electron chi connectivity index (χ0n) is 7.40. The van der Waals surface area contributed by atoms with Gasteiger partial charge < -0.3 is 10.4 Å². The van der Waals surface area contributed by atoms with Gasteiger partial charge >= 0.3 is 0 Å². The Bertz CT molecular complexity index is 267. The Kier molecular flexibility index (Phi) is 2.40. The van der Waals surface area contributed by atoms with Crippen molar-refractivity contribution in [3.8, 4) is 5.75 Å². The summed E-state index contributed by atoms with van der Waals surface area (Å²) in [7, 11) is 0. The van der Waals surface area contributed by atoms with Crippen molar-refractivity contribution < 1.29 is 5.11 Å². The molecule has 2 N–H and O–H groups in total. The van der Waals surface area contributed by atoms with Crippen LogP contribution in [0.15, 0.2) is 12.4 Å². The standard InChI is InChI=1S/C9H13N3O/c13-8-5-11-9(12-6-8)7-2-1-3-10-4-7/h5-7,10,13H,1-4H2. The average Bonchev–Trinajstić information content (AvgIpc) is 2.20. The maximum atomic E-state index is 9.01. The van der Waals surface area contributed by atoms with Gasteiger partial charge in [-0.3, -0.25) is 0 Å². The molecule has 1 saturated heterocycles. The van der Waals surface area contributed by atoms with Gasteiger partial charge in [-0.1, -0.05) is 0 Å². The first kappa shape index (κ1) is 8.44. The largest absolute Gasteiger partial charge is 0.505 e. The van der Waals surface area contributed by atoms with Crippen molar-refractivity contribution in [1.29, 1.82) is 0 Å². The number of aromatic nitrogens is 2. The SMILES string of the molecule is Oc1cnc(C2CCCNC2)nc1. The van der Waals surface area contributed by atoms with Crippen LogP contribution in [0.1, 0.15) is 24.6 Å². The fourth-order valence-corrected chi connectivity index (χ4v) is 1.61.